The van der Waals surface area contributed by atoms with Crippen LogP contribution in [-0.4, -0.2) is 22.8 Å². The largest absolute Gasteiger partial charge is 0.360 e. The first kappa shape index (κ1) is 12.9. The number of hydrogen-bond acceptors (Lipinski definition) is 2. The molecule has 0 aliphatic carbocycles. The molecular formula is C16H16N2OS. The second kappa shape index (κ2) is 5.13. The third-order valence-corrected chi connectivity index (χ3v) is 4.52. The quantitative estimate of drug-likeness (QED) is 0.780. The maximum Gasteiger partial charge on any atom is 0.256 e. The van der Waals surface area contributed by atoms with Gasteiger partial charge in [-0.15, -0.1) is 11.3 Å². The SMILES string of the molecule is Cc1ccsc1CN(C)C(=O)c1c[nH]c2ccccc12. The number of rotatable bonds is 3. The van der Waals surface area contributed by atoms with Gasteiger partial charge < -0.3 is 9.88 Å². The molecule has 3 aromatic rings. The number of nitrogens with one attached hydrogen (secondary N) is 1. The number of fused-ring (bicyclic) bond motifs is 1. The zero-order valence-electron chi connectivity index (χ0n) is 11.5. The molecule has 0 aliphatic heterocycles. The van der Waals surface area contributed by atoms with Crippen molar-refractivity contribution in [2.45, 2.75) is 13.5 Å². The number of para-hydroxylation sites is 1. The topological polar surface area (TPSA) is 36.1 Å². The minimum atomic E-state index is 0.0512. The molecule has 102 valence electrons. The Labute approximate surface area is 121 Å². The van der Waals surface area contributed by atoms with Gasteiger partial charge in [-0.3, -0.25) is 4.79 Å². The van der Waals surface area contributed by atoms with Gasteiger partial charge in [0.25, 0.3) is 5.91 Å². The molecule has 2 heterocycles. The van der Waals surface area contributed by atoms with Crippen molar-refractivity contribution in [2.24, 2.45) is 0 Å². The summed E-state index contributed by atoms with van der Waals surface area (Å²) in [5.41, 5.74) is 2.97. The zero-order valence-corrected chi connectivity index (χ0v) is 12.3. The lowest BCUT2D eigenvalue weighted by atomic mass is 10.1. The van der Waals surface area contributed by atoms with Gasteiger partial charge >= 0.3 is 0 Å². The molecular weight excluding hydrogens is 268 g/mol. The fourth-order valence-electron chi connectivity index (χ4n) is 2.31. The molecule has 0 radical (unpaired) electrons. The number of amides is 1. The number of aromatic nitrogens is 1. The Morgan fingerprint density at radius 2 is 2.10 bits per heavy atom. The van der Waals surface area contributed by atoms with E-state index in [0.717, 1.165) is 16.5 Å². The first-order chi connectivity index (χ1) is 9.66. The highest BCUT2D eigenvalue weighted by atomic mass is 32.1. The fourth-order valence-corrected chi connectivity index (χ4v) is 3.27. The first-order valence-electron chi connectivity index (χ1n) is 6.51. The maximum atomic E-state index is 12.6. The molecule has 0 saturated carbocycles. The summed E-state index contributed by atoms with van der Waals surface area (Å²) in [5.74, 6) is 0.0512. The fraction of sp³-hybridized carbons (Fsp3) is 0.188. The highest BCUT2D eigenvalue weighted by Crippen LogP contribution is 2.22. The van der Waals surface area contributed by atoms with E-state index in [1.165, 1.54) is 10.4 Å². The highest BCUT2D eigenvalue weighted by molar-refractivity contribution is 7.10. The molecule has 3 nitrogen and oxygen atoms in total. The van der Waals surface area contributed by atoms with Crippen molar-refractivity contribution in [2.75, 3.05) is 7.05 Å². The van der Waals surface area contributed by atoms with E-state index in [2.05, 4.69) is 23.4 Å². The second-order valence-corrected chi connectivity index (χ2v) is 5.94. The van der Waals surface area contributed by atoms with Gasteiger partial charge in [-0.25, -0.2) is 0 Å². The van der Waals surface area contributed by atoms with E-state index in [9.17, 15) is 4.79 Å². The Kier molecular flexibility index (Phi) is 3.32. The molecule has 2 aromatic heterocycles. The summed E-state index contributed by atoms with van der Waals surface area (Å²) in [6, 6.07) is 9.96. The first-order valence-corrected chi connectivity index (χ1v) is 7.39. The van der Waals surface area contributed by atoms with Crippen LogP contribution in [0.25, 0.3) is 10.9 Å². The summed E-state index contributed by atoms with van der Waals surface area (Å²) >= 11 is 1.69. The predicted octanol–water partition coefficient (Wildman–Crippen LogP) is 3.81. The average Bonchev–Trinajstić information content (AvgIpc) is 3.05. The van der Waals surface area contributed by atoms with Crippen LogP contribution in [0.4, 0.5) is 0 Å². The molecule has 0 unspecified atom stereocenters. The van der Waals surface area contributed by atoms with Crippen molar-refractivity contribution in [1.82, 2.24) is 9.88 Å². The molecule has 1 amide bonds. The second-order valence-electron chi connectivity index (χ2n) is 4.94. The number of carbonyl (C=O) groups is 1. The Balaban J connectivity index is 1.87. The molecule has 0 bridgehead atoms. The molecule has 1 aromatic carbocycles. The third kappa shape index (κ3) is 2.23. The highest BCUT2D eigenvalue weighted by Gasteiger charge is 2.17. The Bertz CT molecular complexity index is 757. The molecule has 20 heavy (non-hydrogen) atoms. The average molecular weight is 284 g/mol. The summed E-state index contributed by atoms with van der Waals surface area (Å²) in [6.45, 7) is 2.73. The monoisotopic (exact) mass is 284 g/mol. The van der Waals surface area contributed by atoms with Crippen LogP contribution in [-0.2, 0) is 6.54 Å². The van der Waals surface area contributed by atoms with Crippen LogP contribution < -0.4 is 0 Å². The lowest BCUT2D eigenvalue weighted by Crippen LogP contribution is -2.25. The summed E-state index contributed by atoms with van der Waals surface area (Å²) in [6.07, 6.45) is 1.80. The van der Waals surface area contributed by atoms with Gasteiger partial charge in [-0.05, 0) is 30.0 Å². The normalized spacial score (nSPS) is 10.9. The Morgan fingerprint density at radius 3 is 2.85 bits per heavy atom. The number of hydrogen-bond donors (Lipinski definition) is 1. The standard InChI is InChI=1S/C16H16N2OS/c1-11-7-8-20-15(11)10-18(2)16(19)13-9-17-14-6-4-3-5-12(13)14/h3-9,17H,10H2,1-2H3. The minimum absolute atomic E-state index is 0.0512. The molecule has 4 heteroatoms. The van der Waals surface area contributed by atoms with Crippen molar-refractivity contribution in [3.05, 3.63) is 57.9 Å². The zero-order chi connectivity index (χ0) is 14.1. The van der Waals surface area contributed by atoms with Crippen LogP contribution in [0.2, 0.25) is 0 Å². The van der Waals surface area contributed by atoms with E-state index in [1.54, 1.807) is 22.4 Å². The van der Waals surface area contributed by atoms with Crippen LogP contribution in [0.15, 0.2) is 41.9 Å². The van der Waals surface area contributed by atoms with Gasteiger partial charge in [0.1, 0.15) is 0 Å². The van der Waals surface area contributed by atoms with Crippen LogP contribution >= 0.6 is 11.3 Å². The molecule has 0 spiro atoms. The van der Waals surface area contributed by atoms with Gasteiger partial charge in [-0.1, -0.05) is 18.2 Å². The predicted molar refractivity (Wildman–Crippen MR) is 83.2 cm³/mol. The van der Waals surface area contributed by atoms with Crippen LogP contribution in [0.3, 0.4) is 0 Å². The van der Waals surface area contributed by atoms with Crippen molar-refractivity contribution in [1.29, 1.82) is 0 Å². The van der Waals surface area contributed by atoms with Crippen molar-refractivity contribution in [3.63, 3.8) is 0 Å². The summed E-state index contributed by atoms with van der Waals surface area (Å²) in [5, 5.41) is 3.04. The van der Waals surface area contributed by atoms with Crippen LogP contribution in [0.5, 0.6) is 0 Å². The van der Waals surface area contributed by atoms with E-state index in [4.69, 9.17) is 0 Å². The van der Waals surface area contributed by atoms with Crippen LogP contribution in [0.1, 0.15) is 20.8 Å². The van der Waals surface area contributed by atoms with Gasteiger partial charge in [0.15, 0.2) is 0 Å². The maximum absolute atomic E-state index is 12.6. The van der Waals surface area contributed by atoms with Gasteiger partial charge in [0, 0.05) is 29.0 Å². The number of nitrogens with zero attached hydrogens (tertiary/aromatic N) is 1. The number of aryl methyl sites for hydroxylation is 1. The van der Waals surface area contributed by atoms with Gasteiger partial charge in [-0.2, -0.15) is 0 Å². The number of carbonyl (C=O) groups excluding carboxylic acids is 1. The van der Waals surface area contributed by atoms with E-state index >= 15 is 0 Å². The molecule has 0 aliphatic rings. The molecule has 1 N–H and O–H groups in total. The number of H-pyrrole nitrogens is 1. The number of benzene rings is 1. The van der Waals surface area contributed by atoms with Crippen molar-refractivity contribution >= 4 is 28.1 Å². The number of aromatic amines is 1. The smallest absolute Gasteiger partial charge is 0.256 e. The molecule has 3 rings (SSSR count). The summed E-state index contributed by atoms with van der Waals surface area (Å²) in [7, 11) is 1.85. The van der Waals surface area contributed by atoms with Crippen molar-refractivity contribution in [3.8, 4) is 0 Å². The molecule has 0 saturated heterocycles. The molecule has 0 atom stereocenters. The summed E-state index contributed by atoms with van der Waals surface area (Å²) < 4.78 is 0. The third-order valence-electron chi connectivity index (χ3n) is 3.52. The van der Waals surface area contributed by atoms with Gasteiger partial charge in [0.05, 0.1) is 12.1 Å². The van der Waals surface area contributed by atoms with E-state index < -0.39 is 0 Å². The van der Waals surface area contributed by atoms with Crippen LogP contribution in [0, 0.1) is 6.92 Å². The van der Waals surface area contributed by atoms with E-state index in [1.807, 2.05) is 31.3 Å². The number of thiophene rings is 1. The lowest BCUT2D eigenvalue weighted by molar-refractivity contribution is 0.0788. The lowest BCUT2D eigenvalue weighted by Gasteiger charge is -2.16. The van der Waals surface area contributed by atoms with E-state index in [-0.39, 0.29) is 5.91 Å². The van der Waals surface area contributed by atoms with Gasteiger partial charge in [0.2, 0.25) is 0 Å². The minimum Gasteiger partial charge on any atom is -0.360 e. The Morgan fingerprint density at radius 1 is 1.30 bits per heavy atom. The summed E-state index contributed by atoms with van der Waals surface area (Å²) in [4.78, 5) is 18.7. The van der Waals surface area contributed by atoms with Crippen molar-refractivity contribution < 1.29 is 4.79 Å². The van der Waals surface area contributed by atoms with E-state index in [0.29, 0.717) is 6.54 Å². The molecule has 0 fully saturated rings. The Hall–Kier alpha value is -2.07.